The highest BCUT2D eigenvalue weighted by molar-refractivity contribution is 6.47. The Bertz CT molecular complexity index is 1330. The second-order valence-corrected chi connectivity index (χ2v) is 8.10. The molecule has 1 amide bonds. The number of hydrogen-bond donors (Lipinski definition) is 1. The van der Waals surface area contributed by atoms with E-state index in [2.05, 4.69) is 5.32 Å². The number of carbonyl (C=O) groups is 2. The number of anilines is 1. The summed E-state index contributed by atoms with van der Waals surface area (Å²) in [4.78, 5) is 26.8. The van der Waals surface area contributed by atoms with Crippen LogP contribution in [0.25, 0.3) is 16.6 Å². The standard InChI is InChI=1S/C27H25ClN2O3/c1-4-17-9-8-10-18(5-2)24(17)29-27(32)26(31)25-21(16-20-11-6-7-14-30(20)25)19-12-13-23(33-3)22(28)15-19/h6-16H,4-5H2,1-3H3,(H,29,32). The largest absolute Gasteiger partial charge is 0.495 e. The number of nitrogens with zero attached hydrogens (tertiary/aromatic N) is 1. The fourth-order valence-corrected chi connectivity index (χ4v) is 4.35. The molecule has 4 aromatic rings. The summed E-state index contributed by atoms with van der Waals surface area (Å²) >= 11 is 6.35. The van der Waals surface area contributed by atoms with E-state index in [9.17, 15) is 9.59 Å². The Morgan fingerprint density at radius 3 is 2.33 bits per heavy atom. The number of ether oxygens (including phenoxy) is 1. The van der Waals surface area contributed by atoms with Crippen LogP contribution in [0.1, 0.15) is 35.5 Å². The molecule has 1 N–H and O–H groups in total. The first kappa shape index (κ1) is 22.6. The van der Waals surface area contributed by atoms with E-state index in [-0.39, 0.29) is 5.69 Å². The van der Waals surface area contributed by atoms with Crippen molar-refractivity contribution in [3.63, 3.8) is 0 Å². The average molecular weight is 461 g/mol. The molecule has 168 valence electrons. The third kappa shape index (κ3) is 4.24. The van der Waals surface area contributed by atoms with Crippen LogP contribution in [0.15, 0.2) is 66.9 Å². The van der Waals surface area contributed by atoms with Crippen molar-refractivity contribution < 1.29 is 14.3 Å². The predicted octanol–water partition coefficient (Wildman–Crippen LogP) is 6.21. The van der Waals surface area contributed by atoms with Gasteiger partial charge in [0.1, 0.15) is 11.4 Å². The van der Waals surface area contributed by atoms with Gasteiger partial charge in [0, 0.05) is 23.0 Å². The van der Waals surface area contributed by atoms with Crippen LogP contribution in [0, 0.1) is 0 Å². The lowest BCUT2D eigenvalue weighted by Crippen LogP contribution is -2.25. The van der Waals surface area contributed by atoms with Crippen molar-refractivity contribution in [2.24, 2.45) is 0 Å². The van der Waals surface area contributed by atoms with Gasteiger partial charge in [-0.2, -0.15) is 0 Å². The summed E-state index contributed by atoms with van der Waals surface area (Å²) in [5, 5.41) is 3.32. The number of rotatable bonds is 7. The molecule has 0 radical (unpaired) electrons. The van der Waals surface area contributed by atoms with Crippen molar-refractivity contribution in [3.05, 3.63) is 88.7 Å². The van der Waals surface area contributed by atoms with E-state index >= 15 is 0 Å². The Hall–Kier alpha value is -3.57. The third-order valence-electron chi connectivity index (χ3n) is 5.80. The number of amides is 1. The van der Waals surface area contributed by atoms with Gasteiger partial charge < -0.3 is 14.5 Å². The number of aryl methyl sites for hydroxylation is 2. The van der Waals surface area contributed by atoms with Gasteiger partial charge in [-0.1, -0.05) is 55.8 Å². The fraction of sp³-hybridized carbons (Fsp3) is 0.185. The fourth-order valence-electron chi connectivity index (χ4n) is 4.09. The van der Waals surface area contributed by atoms with E-state index in [1.807, 2.05) is 62.4 Å². The zero-order chi connectivity index (χ0) is 23.5. The number of carbonyl (C=O) groups excluding carboxylic acids is 2. The highest BCUT2D eigenvalue weighted by atomic mass is 35.5. The number of fused-ring (bicyclic) bond motifs is 1. The third-order valence-corrected chi connectivity index (χ3v) is 6.10. The predicted molar refractivity (Wildman–Crippen MR) is 133 cm³/mol. The highest BCUT2D eigenvalue weighted by Gasteiger charge is 2.26. The zero-order valence-corrected chi connectivity index (χ0v) is 19.6. The number of para-hydroxylation sites is 1. The topological polar surface area (TPSA) is 59.8 Å². The SMILES string of the molecule is CCc1cccc(CC)c1NC(=O)C(=O)c1c(-c2ccc(OC)c(Cl)c2)cc2ccccn12. The summed E-state index contributed by atoms with van der Waals surface area (Å²) in [6.45, 7) is 4.05. The monoisotopic (exact) mass is 460 g/mol. The minimum absolute atomic E-state index is 0.288. The molecule has 33 heavy (non-hydrogen) atoms. The molecule has 0 aliphatic rings. The summed E-state index contributed by atoms with van der Waals surface area (Å²) < 4.78 is 6.99. The number of nitrogens with one attached hydrogen (secondary N) is 1. The second-order valence-electron chi connectivity index (χ2n) is 7.69. The number of methoxy groups -OCH3 is 1. The van der Waals surface area contributed by atoms with Crippen molar-refractivity contribution in [2.45, 2.75) is 26.7 Å². The lowest BCUT2D eigenvalue weighted by Gasteiger charge is -2.14. The van der Waals surface area contributed by atoms with E-state index < -0.39 is 11.7 Å². The van der Waals surface area contributed by atoms with E-state index in [1.54, 1.807) is 29.8 Å². The van der Waals surface area contributed by atoms with Crippen molar-refractivity contribution in [3.8, 4) is 16.9 Å². The van der Waals surface area contributed by atoms with Crippen molar-refractivity contribution in [2.75, 3.05) is 12.4 Å². The Labute approximate surface area is 198 Å². The molecule has 0 atom stereocenters. The van der Waals surface area contributed by atoms with Gasteiger partial charge in [0.25, 0.3) is 11.7 Å². The van der Waals surface area contributed by atoms with Gasteiger partial charge in [-0.25, -0.2) is 0 Å². The summed E-state index contributed by atoms with van der Waals surface area (Å²) in [5.41, 5.74) is 5.16. The van der Waals surface area contributed by atoms with Crippen molar-refractivity contribution in [1.82, 2.24) is 4.40 Å². The molecule has 5 nitrogen and oxygen atoms in total. The van der Waals surface area contributed by atoms with Crippen LogP contribution in [0.5, 0.6) is 5.75 Å². The zero-order valence-electron chi connectivity index (χ0n) is 18.8. The van der Waals surface area contributed by atoms with Crippen LogP contribution in [-0.2, 0) is 17.6 Å². The summed E-state index contributed by atoms with van der Waals surface area (Å²) in [5.74, 6) is -0.746. The van der Waals surface area contributed by atoms with Gasteiger partial charge in [-0.3, -0.25) is 9.59 Å². The quantitative estimate of drug-likeness (QED) is 0.263. The van der Waals surface area contributed by atoms with Crippen LogP contribution in [0.2, 0.25) is 5.02 Å². The summed E-state index contributed by atoms with van der Waals surface area (Å²) in [7, 11) is 1.55. The molecule has 0 saturated carbocycles. The van der Waals surface area contributed by atoms with Gasteiger partial charge in [-0.15, -0.1) is 0 Å². The number of Topliss-reactive ketones (excluding diaryl/α,β-unsaturated/α-hetero) is 1. The molecule has 0 unspecified atom stereocenters. The summed E-state index contributed by atoms with van der Waals surface area (Å²) in [6.07, 6.45) is 3.28. The maximum Gasteiger partial charge on any atom is 0.298 e. The molecule has 2 heterocycles. The Morgan fingerprint density at radius 1 is 0.970 bits per heavy atom. The molecular weight excluding hydrogens is 436 g/mol. The van der Waals surface area contributed by atoms with Gasteiger partial charge in [0.2, 0.25) is 0 Å². The normalized spacial score (nSPS) is 10.9. The Balaban J connectivity index is 1.80. The van der Waals surface area contributed by atoms with Crippen LogP contribution >= 0.6 is 11.6 Å². The van der Waals surface area contributed by atoms with Crippen LogP contribution in [-0.4, -0.2) is 23.2 Å². The number of pyridine rings is 1. The Morgan fingerprint density at radius 2 is 1.70 bits per heavy atom. The van der Waals surface area contributed by atoms with Crippen molar-refractivity contribution >= 4 is 34.5 Å². The van der Waals surface area contributed by atoms with Crippen LogP contribution in [0.3, 0.4) is 0 Å². The molecule has 4 rings (SSSR count). The first-order valence-corrected chi connectivity index (χ1v) is 11.3. The van der Waals surface area contributed by atoms with E-state index in [4.69, 9.17) is 16.3 Å². The molecule has 2 aromatic carbocycles. The molecule has 6 heteroatoms. The highest BCUT2D eigenvalue weighted by Crippen LogP contribution is 2.34. The number of ketones is 1. The van der Waals surface area contributed by atoms with Gasteiger partial charge >= 0.3 is 0 Å². The molecule has 0 spiro atoms. The number of hydrogen-bond acceptors (Lipinski definition) is 3. The minimum Gasteiger partial charge on any atom is -0.495 e. The summed E-state index contributed by atoms with van der Waals surface area (Å²) in [6, 6.07) is 18.7. The molecule has 0 aliphatic heterocycles. The second kappa shape index (κ2) is 9.51. The van der Waals surface area contributed by atoms with Gasteiger partial charge in [-0.05, 0) is 59.9 Å². The lowest BCUT2D eigenvalue weighted by atomic mass is 10.0. The number of benzene rings is 2. The number of aromatic nitrogens is 1. The molecule has 0 bridgehead atoms. The minimum atomic E-state index is -0.671. The molecule has 0 fully saturated rings. The van der Waals surface area contributed by atoms with Crippen LogP contribution in [0.4, 0.5) is 5.69 Å². The van der Waals surface area contributed by atoms with E-state index in [0.717, 1.165) is 40.7 Å². The smallest absolute Gasteiger partial charge is 0.298 e. The molecule has 0 saturated heterocycles. The van der Waals surface area contributed by atoms with E-state index in [1.165, 1.54) is 0 Å². The lowest BCUT2D eigenvalue weighted by molar-refractivity contribution is -0.112. The molecule has 2 aromatic heterocycles. The van der Waals surface area contributed by atoms with Crippen molar-refractivity contribution in [1.29, 1.82) is 0 Å². The maximum atomic E-state index is 13.5. The first-order valence-electron chi connectivity index (χ1n) is 10.9. The number of halogens is 1. The van der Waals surface area contributed by atoms with Crippen LogP contribution < -0.4 is 10.1 Å². The Kier molecular flexibility index (Phi) is 6.52. The van der Waals surface area contributed by atoms with Gasteiger partial charge in [0.05, 0.1) is 12.1 Å². The maximum absolute atomic E-state index is 13.5. The van der Waals surface area contributed by atoms with Gasteiger partial charge in [0.15, 0.2) is 0 Å². The first-order chi connectivity index (χ1) is 16.0. The molecular formula is C27H25ClN2O3. The van der Waals surface area contributed by atoms with E-state index in [0.29, 0.717) is 16.3 Å². The average Bonchev–Trinajstić information content (AvgIpc) is 3.23. The molecule has 0 aliphatic carbocycles.